The molecule has 1 aliphatic rings. The summed E-state index contributed by atoms with van der Waals surface area (Å²) in [7, 11) is 0. The van der Waals surface area contributed by atoms with E-state index in [0.29, 0.717) is 17.1 Å². The zero-order chi connectivity index (χ0) is 12.4. The molecule has 1 aromatic carbocycles. The molecule has 0 spiro atoms. The van der Waals surface area contributed by atoms with Crippen LogP contribution in [-0.2, 0) is 6.42 Å². The summed E-state index contributed by atoms with van der Waals surface area (Å²) in [6, 6.07) is 2.72. The van der Waals surface area contributed by atoms with Gasteiger partial charge in [-0.2, -0.15) is 0 Å². The van der Waals surface area contributed by atoms with Gasteiger partial charge in [-0.3, -0.25) is 10.1 Å². The number of nitrogens with zero attached hydrogens (tertiary/aromatic N) is 1. The smallest absolute Gasteiger partial charge is 0.276 e. The molecule has 0 radical (unpaired) electrons. The normalized spacial score (nSPS) is 14.7. The molecule has 0 fully saturated rings. The lowest BCUT2D eigenvalue weighted by Crippen LogP contribution is -2.16. The van der Waals surface area contributed by atoms with Gasteiger partial charge < -0.3 is 19.7 Å². The molecule has 1 atom stereocenters. The van der Waals surface area contributed by atoms with Crippen molar-refractivity contribution in [3.05, 3.63) is 27.8 Å². The Morgan fingerprint density at radius 3 is 2.65 bits per heavy atom. The van der Waals surface area contributed by atoms with Gasteiger partial charge >= 0.3 is 0 Å². The minimum absolute atomic E-state index is 0.0105. The third kappa shape index (κ3) is 2.29. The Bertz CT molecular complexity index is 447. The number of aliphatic hydroxyl groups is 2. The minimum atomic E-state index is -1.03. The van der Waals surface area contributed by atoms with Gasteiger partial charge in [-0.25, -0.2) is 0 Å². The van der Waals surface area contributed by atoms with Gasteiger partial charge in [0.15, 0.2) is 11.5 Å². The van der Waals surface area contributed by atoms with Crippen LogP contribution in [0, 0.1) is 10.1 Å². The summed E-state index contributed by atoms with van der Waals surface area (Å²) in [6.07, 6.45) is -1.04. The van der Waals surface area contributed by atoms with Crippen LogP contribution in [0.2, 0.25) is 0 Å². The molecule has 0 bridgehead atoms. The molecule has 0 aromatic heterocycles. The maximum Gasteiger partial charge on any atom is 0.276 e. The van der Waals surface area contributed by atoms with E-state index >= 15 is 0 Å². The van der Waals surface area contributed by atoms with Crippen LogP contribution in [-0.4, -0.2) is 34.6 Å². The molecular formula is C10H11NO6. The molecule has 17 heavy (non-hydrogen) atoms. The Kier molecular flexibility index (Phi) is 3.12. The van der Waals surface area contributed by atoms with Crippen molar-refractivity contribution >= 4 is 5.69 Å². The van der Waals surface area contributed by atoms with Crippen molar-refractivity contribution in [2.24, 2.45) is 0 Å². The van der Waals surface area contributed by atoms with Crippen LogP contribution in [0.15, 0.2) is 12.1 Å². The summed E-state index contributed by atoms with van der Waals surface area (Å²) in [5, 5.41) is 28.9. The second kappa shape index (κ2) is 4.56. The molecule has 0 saturated carbocycles. The molecule has 7 heteroatoms. The van der Waals surface area contributed by atoms with E-state index in [2.05, 4.69) is 0 Å². The summed E-state index contributed by atoms with van der Waals surface area (Å²) >= 11 is 0. The number of ether oxygens (including phenoxy) is 2. The first-order valence-electron chi connectivity index (χ1n) is 4.97. The van der Waals surface area contributed by atoms with Gasteiger partial charge in [0, 0.05) is 12.0 Å². The molecule has 92 valence electrons. The van der Waals surface area contributed by atoms with Crippen LogP contribution in [0.25, 0.3) is 0 Å². The molecule has 1 aliphatic heterocycles. The lowest BCUT2D eigenvalue weighted by Gasteiger charge is -2.08. The Hall–Kier alpha value is -1.86. The zero-order valence-corrected chi connectivity index (χ0v) is 8.83. The number of hydrogen-bond donors (Lipinski definition) is 2. The first-order valence-corrected chi connectivity index (χ1v) is 4.97. The highest BCUT2D eigenvalue weighted by Gasteiger charge is 2.24. The SMILES string of the molecule is O=[N+]([O-])c1cc2c(cc1C[C@@H](O)CO)OCO2. The van der Waals surface area contributed by atoms with E-state index in [4.69, 9.17) is 14.6 Å². The van der Waals surface area contributed by atoms with Crippen LogP contribution < -0.4 is 9.47 Å². The molecule has 7 nitrogen and oxygen atoms in total. The van der Waals surface area contributed by atoms with Crippen molar-refractivity contribution in [2.45, 2.75) is 12.5 Å². The Morgan fingerprint density at radius 2 is 2.06 bits per heavy atom. The van der Waals surface area contributed by atoms with Crippen LogP contribution in [0.3, 0.4) is 0 Å². The van der Waals surface area contributed by atoms with Crippen molar-refractivity contribution in [3.63, 3.8) is 0 Å². The van der Waals surface area contributed by atoms with Crippen LogP contribution in [0.1, 0.15) is 5.56 Å². The van der Waals surface area contributed by atoms with Crippen molar-refractivity contribution in [3.8, 4) is 11.5 Å². The lowest BCUT2D eigenvalue weighted by molar-refractivity contribution is -0.385. The second-order valence-electron chi connectivity index (χ2n) is 3.63. The Labute approximate surface area is 96.4 Å². The van der Waals surface area contributed by atoms with Gasteiger partial charge in [0.25, 0.3) is 5.69 Å². The summed E-state index contributed by atoms with van der Waals surface area (Å²) in [4.78, 5) is 10.3. The van der Waals surface area contributed by atoms with E-state index in [1.807, 2.05) is 0 Å². The number of nitro groups is 1. The molecule has 0 amide bonds. The van der Waals surface area contributed by atoms with E-state index in [-0.39, 0.29) is 18.9 Å². The molecule has 2 N–H and O–H groups in total. The van der Waals surface area contributed by atoms with Gasteiger partial charge in [-0.05, 0) is 6.07 Å². The van der Waals surface area contributed by atoms with Crippen molar-refractivity contribution < 1.29 is 24.6 Å². The fourth-order valence-corrected chi connectivity index (χ4v) is 1.63. The lowest BCUT2D eigenvalue weighted by atomic mass is 10.1. The van der Waals surface area contributed by atoms with E-state index in [1.165, 1.54) is 12.1 Å². The highest BCUT2D eigenvalue weighted by atomic mass is 16.7. The van der Waals surface area contributed by atoms with Gasteiger partial charge in [-0.15, -0.1) is 0 Å². The quantitative estimate of drug-likeness (QED) is 0.577. The first-order chi connectivity index (χ1) is 8.11. The average molecular weight is 241 g/mol. The Morgan fingerprint density at radius 1 is 1.41 bits per heavy atom. The molecular weight excluding hydrogens is 230 g/mol. The van der Waals surface area contributed by atoms with Crippen LogP contribution >= 0.6 is 0 Å². The van der Waals surface area contributed by atoms with Crippen molar-refractivity contribution in [1.82, 2.24) is 0 Å². The number of benzene rings is 1. The fraction of sp³-hybridized carbons (Fsp3) is 0.400. The maximum absolute atomic E-state index is 10.9. The van der Waals surface area contributed by atoms with Crippen LogP contribution in [0.5, 0.6) is 11.5 Å². The number of aliphatic hydroxyl groups excluding tert-OH is 2. The molecule has 0 aliphatic carbocycles. The Balaban J connectivity index is 2.38. The molecule has 0 saturated heterocycles. The monoisotopic (exact) mass is 241 g/mol. The number of nitro benzene ring substituents is 1. The second-order valence-corrected chi connectivity index (χ2v) is 3.63. The topological polar surface area (TPSA) is 102 Å². The first kappa shape index (κ1) is 11.6. The van der Waals surface area contributed by atoms with E-state index in [1.54, 1.807) is 0 Å². The van der Waals surface area contributed by atoms with Crippen molar-refractivity contribution in [2.75, 3.05) is 13.4 Å². The molecule has 1 aromatic rings. The fourth-order valence-electron chi connectivity index (χ4n) is 1.63. The molecule has 2 rings (SSSR count). The van der Waals surface area contributed by atoms with Crippen LogP contribution in [0.4, 0.5) is 5.69 Å². The van der Waals surface area contributed by atoms with E-state index in [0.717, 1.165) is 0 Å². The number of fused-ring (bicyclic) bond motifs is 1. The van der Waals surface area contributed by atoms with E-state index < -0.39 is 17.6 Å². The summed E-state index contributed by atoms with van der Waals surface area (Å²) < 4.78 is 10.1. The average Bonchev–Trinajstić information content (AvgIpc) is 2.74. The third-order valence-electron chi connectivity index (χ3n) is 2.44. The maximum atomic E-state index is 10.9. The summed E-state index contributed by atoms with van der Waals surface area (Å²) in [5.41, 5.74) is 0.155. The number of hydrogen-bond acceptors (Lipinski definition) is 6. The van der Waals surface area contributed by atoms with Gasteiger partial charge in [-0.1, -0.05) is 0 Å². The predicted molar refractivity (Wildman–Crippen MR) is 56.0 cm³/mol. The highest BCUT2D eigenvalue weighted by Crippen LogP contribution is 2.38. The van der Waals surface area contributed by atoms with Gasteiger partial charge in [0.1, 0.15) is 0 Å². The molecule has 0 unspecified atom stereocenters. The summed E-state index contributed by atoms with van der Waals surface area (Å²) in [6.45, 7) is -0.426. The highest BCUT2D eigenvalue weighted by molar-refractivity contribution is 5.55. The molecule has 1 heterocycles. The third-order valence-corrected chi connectivity index (χ3v) is 2.44. The van der Waals surface area contributed by atoms with Gasteiger partial charge in [0.05, 0.1) is 23.7 Å². The van der Waals surface area contributed by atoms with Gasteiger partial charge in [0.2, 0.25) is 6.79 Å². The van der Waals surface area contributed by atoms with Crippen molar-refractivity contribution in [1.29, 1.82) is 0 Å². The zero-order valence-electron chi connectivity index (χ0n) is 8.83. The standard InChI is InChI=1S/C10H11NO6/c12-4-7(13)1-6-2-9-10(17-5-16-9)3-8(6)11(14)15/h2-3,7,12-13H,1,4-5H2/t7-/m1/s1. The largest absolute Gasteiger partial charge is 0.454 e. The predicted octanol–water partition coefficient (Wildman–Crippen LogP) is 0.219. The van der Waals surface area contributed by atoms with E-state index in [9.17, 15) is 15.2 Å². The number of rotatable bonds is 4. The minimum Gasteiger partial charge on any atom is -0.454 e. The summed E-state index contributed by atoms with van der Waals surface area (Å²) in [5.74, 6) is 0.731.